The first-order chi connectivity index (χ1) is 6.43. The Bertz CT molecular complexity index is 475. The summed E-state index contributed by atoms with van der Waals surface area (Å²) in [7, 11) is 0. The van der Waals surface area contributed by atoms with E-state index in [0.717, 1.165) is 11.3 Å². The maximum absolute atomic E-state index is 3.36. The van der Waals surface area contributed by atoms with Crippen LogP contribution in [0.3, 0.4) is 0 Å². The van der Waals surface area contributed by atoms with Gasteiger partial charge in [-0.05, 0) is 29.7 Å². The van der Waals surface area contributed by atoms with E-state index in [1.807, 2.05) is 24.3 Å². The third kappa shape index (κ3) is 0.937. The normalized spacial score (nSPS) is 11.1. The minimum Gasteiger partial charge on any atom is -0.355 e. The summed E-state index contributed by atoms with van der Waals surface area (Å²) >= 11 is 0. The van der Waals surface area contributed by atoms with Gasteiger partial charge in [0.25, 0.3) is 0 Å². The van der Waals surface area contributed by atoms with Crippen LogP contribution in [0, 0.1) is 6.07 Å². The van der Waals surface area contributed by atoms with Gasteiger partial charge >= 0.3 is 0 Å². The Kier molecular flexibility index (Phi) is 1.22. The molecule has 2 aliphatic rings. The lowest BCUT2D eigenvalue weighted by atomic mass is 10.1. The number of rotatable bonds is 0. The molecule has 0 amide bonds. The van der Waals surface area contributed by atoms with Crippen molar-refractivity contribution in [3.05, 3.63) is 48.5 Å². The molecular weight excluding hydrogens is 158 g/mol. The summed E-state index contributed by atoms with van der Waals surface area (Å²) in [5.41, 5.74) is 3.48. The van der Waals surface area contributed by atoms with Crippen LogP contribution in [-0.4, -0.2) is 4.98 Å². The molecule has 0 saturated carbocycles. The van der Waals surface area contributed by atoms with Gasteiger partial charge in [0.1, 0.15) is 0 Å². The SMILES string of the molecule is [c]1ccc2[nH]c3ccccc3cc1-2. The lowest BCUT2D eigenvalue weighted by Crippen LogP contribution is -1.82. The van der Waals surface area contributed by atoms with Crippen LogP contribution in [0.1, 0.15) is 0 Å². The number of pyridine rings is 1. The molecule has 0 saturated heterocycles. The molecule has 0 unspecified atom stereocenters. The van der Waals surface area contributed by atoms with E-state index in [2.05, 4.69) is 29.2 Å². The minimum atomic E-state index is 1.15. The molecule has 1 aromatic carbocycles. The van der Waals surface area contributed by atoms with Crippen LogP contribution < -0.4 is 0 Å². The molecule has 1 radical (unpaired) electrons. The summed E-state index contributed by atoms with van der Waals surface area (Å²) < 4.78 is 0. The van der Waals surface area contributed by atoms with Gasteiger partial charge in [-0.25, -0.2) is 0 Å². The topological polar surface area (TPSA) is 15.8 Å². The highest BCUT2D eigenvalue weighted by molar-refractivity contribution is 5.85. The van der Waals surface area contributed by atoms with E-state index in [9.17, 15) is 0 Å². The van der Waals surface area contributed by atoms with E-state index in [4.69, 9.17) is 0 Å². The van der Waals surface area contributed by atoms with Crippen molar-refractivity contribution in [1.29, 1.82) is 0 Å². The fourth-order valence-electron chi connectivity index (χ4n) is 1.65. The van der Waals surface area contributed by atoms with Crippen molar-refractivity contribution in [2.75, 3.05) is 0 Å². The van der Waals surface area contributed by atoms with Gasteiger partial charge in [0.05, 0.1) is 0 Å². The highest BCUT2D eigenvalue weighted by Crippen LogP contribution is 2.24. The monoisotopic (exact) mass is 166 g/mol. The summed E-state index contributed by atoms with van der Waals surface area (Å²) in [4.78, 5) is 3.36. The second kappa shape index (κ2) is 2.36. The molecule has 13 heavy (non-hydrogen) atoms. The highest BCUT2D eigenvalue weighted by atomic mass is 14.7. The summed E-state index contributed by atoms with van der Waals surface area (Å²) in [6.07, 6.45) is 0. The molecule has 0 atom stereocenters. The average molecular weight is 166 g/mol. The van der Waals surface area contributed by atoms with Crippen molar-refractivity contribution >= 4 is 10.9 Å². The Morgan fingerprint density at radius 1 is 1.08 bits per heavy atom. The smallest absolute Gasteiger partial charge is 0.0464 e. The zero-order chi connectivity index (χ0) is 8.67. The maximum atomic E-state index is 3.36. The molecular formula is C12H8N. The molecule has 61 valence electrons. The van der Waals surface area contributed by atoms with E-state index in [0.29, 0.717) is 0 Å². The molecule has 0 spiro atoms. The van der Waals surface area contributed by atoms with Crippen molar-refractivity contribution in [1.82, 2.24) is 4.98 Å². The van der Waals surface area contributed by atoms with E-state index in [1.165, 1.54) is 10.9 Å². The molecule has 0 fully saturated rings. The molecule has 3 rings (SSSR count). The van der Waals surface area contributed by atoms with Gasteiger partial charge in [-0.1, -0.05) is 24.3 Å². The number of nitrogens with one attached hydrogen (secondary N) is 1. The number of aromatic nitrogens is 1. The summed E-state index contributed by atoms with van der Waals surface area (Å²) in [6.45, 7) is 0. The Balaban J connectivity index is 2.52. The molecule has 1 aliphatic carbocycles. The third-order valence-electron chi connectivity index (χ3n) is 2.31. The maximum Gasteiger partial charge on any atom is 0.0464 e. The Hall–Kier alpha value is -1.76. The zero-order valence-corrected chi connectivity index (χ0v) is 7.04. The summed E-state index contributed by atoms with van der Waals surface area (Å²) in [5, 5.41) is 1.23. The Morgan fingerprint density at radius 2 is 2.00 bits per heavy atom. The van der Waals surface area contributed by atoms with Gasteiger partial charge in [0, 0.05) is 16.8 Å². The predicted octanol–water partition coefficient (Wildman–Crippen LogP) is 3.07. The van der Waals surface area contributed by atoms with Crippen LogP contribution in [0.5, 0.6) is 0 Å². The Labute approximate surface area is 76.4 Å². The van der Waals surface area contributed by atoms with E-state index >= 15 is 0 Å². The minimum absolute atomic E-state index is 1.15. The molecule has 1 nitrogen and oxygen atoms in total. The first kappa shape index (κ1) is 6.72. The highest BCUT2D eigenvalue weighted by Gasteiger charge is 2.02. The standard InChI is InChI=1S/C12H8N/c1-2-6-11-9(4-1)8-10-5-3-7-12(10)13-11/h1-4,6-8,13H. The van der Waals surface area contributed by atoms with Crippen molar-refractivity contribution < 1.29 is 0 Å². The van der Waals surface area contributed by atoms with Gasteiger partial charge < -0.3 is 4.98 Å². The second-order valence-corrected chi connectivity index (χ2v) is 3.16. The van der Waals surface area contributed by atoms with Crippen molar-refractivity contribution in [2.24, 2.45) is 0 Å². The first-order valence-corrected chi connectivity index (χ1v) is 4.32. The third-order valence-corrected chi connectivity index (χ3v) is 2.31. The second-order valence-electron chi connectivity index (χ2n) is 3.16. The van der Waals surface area contributed by atoms with Gasteiger partial charge in [0.15, 0.2) is 0 Å². The molecule has 1 aliphatic heterocycles. The lowest BCUT2D eigenvalue weighted by Gasteiger charge is -2.02. The van der Waals surface area contributed by atoms with Crippen molar-refractivity contribution in [3.8, 4) is 11.3 Å². The molecule has 1 N–H and O–H groups in total. The quantitative estimate of drug-likeness (QED) is 0.528. The number of hydrogen-bond donors (Lipinski definition) is 1. The fraction of sp³-hybridized carbons (Fsp3) is 0. The molecule has 0 bridgehead atoms. The predicted molar refractivity (Wildman–Crippen MR) is 53.8 cm³/mol. The zero-order valence-electron chi connectivity index (χ0n) is 7.04. The number of H-pyrrole nitrogens is 1. The van der Waals surface area contributed by atoms with Gasteiger partial charge in [0.2, 0.25) is 0 Å². The summed E-state index contributed by atoms with van der Waals surface area (Å²) in [5.74, 6) is 0. The van der Waals surface area contributed by atoms with Crippen LogP contribution in [0.25, 0.3) is 22.2 Å². The Morgan fingerprint density at radius 3 is 3.00 bits per heavy atom. The van der Waals surface area contributed by atoms with Gasteiger partial charge in [-0.3, -0.25) is 0 Å². The largest absolute Gasteiger partial charge is 0.355 e. The van der Waals surface area contributed by atoms with Crippen LogP contribution >= 0.6 is 0 Å². The number of para-hydroxylation sites is 1. The van der Waals surface area contributed by atoms with Crippen LogP contribution in [0.2, 0.25) is 0 Å². The van der Waals surface area contributed by atoms with Crippen molar-refractivity contribution in [3.63, 3.8) is 0 Å². The van der Waals surface area contributed by atoms with Crippen molar-refractivity contribution in [2.45, 2.75) is 0 Å². The van der Waals surface area contributed by atoms with Gasteiger partial charge in [-0.15, -0.1) is 0 Å². The summed E-state index contributed by atoms with van der Waals surface area (Å²) in [6, 6.07) is 17.6. The van der Waals surface area contributed by atoms with E-state index in [-0.39, 0.29) is 0 Å². The molecule has 1 heteroatoms. The molecule has 1 aromatic rings. The van der Waals surface area contributed by atoms with Crippen LogP contribution in [-0.2, 0) is 0 Å². The molecule has 1 heterocycles. The first-order valence-electron chi connectivity index (χ1n) is 4.32. The van der Waals surface area contributed by atoms with Crippen LogP contribution in [0.15, 0.2) is 42.5 Å². The fourth-order valence-corrected chi connectivity index (χ4v) is 1.65. The van der Waals surface area contributed by atoms with E-state index in [1.54, 1.807) is 0 Å². The lowest BCUT2D eigenvalue weighted by molar-refractivity contribution is 1.42. The number of hydrogen-bond acceptors (Lipinski definition) is 0. The van der Waals surface area contributed by atoms with E-state index < -0.39 is 0 Å². The average Bonchev–Trinajstić information content (AvgIpc) is 2.61. The number of benzene rings is 1. The number of fused-ring (bicyclic) bond motifs is 2. The van der Waals surface area contributed by atoms with Gasteiger partial charge in [-0.2, -0.15) is 0 Å². The molecule has 0 aromatic heterocycles. The van der Waals surface area contributed by atoms with Crippen LogP contribution in [0.4, 0.5) is 0 Å². The number of aromatic amines is 1.